The Balaban J connectivity index is 2.68. The summed E-state index contributed by atoms with van der Waals surface area (Å²) in [5.41, 5.74) is 5.75. The molecule has 1 atom stereocenters. The van der Waals surface area contributed by atoms with E-state index >= 15 is 0 Å². The second-order valence-electron chi connectivity index (χ2n) is 2.67. The molecule has 56 valence electrons. The number of aromatic nitrogens is 1. The second kappa shape index (κ2) is 2.84. The van der Waals surface area contributed by atoms with Crippen LogP contribution in [0, 0.1) is 5.92 Å². The van der Waals surface area contributed by atoms with E-state index < -0.39 is 0 Å². The molecular weight excluding hydrogens is 128 g/mol. The van der Waals surface area contributed by atoms with E-state index in [1.54, 1.807) is 6.20 Å². The largest absolute Gasteiger partial charge is 0.447 e. The molecule has 0 aliphatic carbocycles. The first-order valence-corrected chi connectivity index (χ1v) is 3.35. The summed E-state index contributed by atoms with van der Waals surface area (Å²) in [6.07, 6.45) is 3.06. The summed E-state index contributed by atoms with van der Waals surface area (Å²) in [4.78, 5) is 3.78. The van der Waals surface area contributed by atoms with Gasteiger partial charge >= 0.3 is 0 Å². The average molecular weight is 140 g/mol. The maximum Gasteiger partial charge on any atom is 0.180 e. The lowest BCUT2D eigenvalue weighted by Gasteiger charge is -2.10. The summed E-state index contributed by atoms with van der Waals surface area (Å²) in [6, 6.07) is -0.0255. The minimum atomic E-state index is -0.0255. The molecule has 1 rings (SSSR count). The lowest BCUT2D eigenvalue weighted by molar-refractivity contribution is 0.401. The van der Waals surface area contributed by atoms with Gasteiger partial charge in [0, 0.05) is 0 Å². The van der Waals surface area contributed by atoms with Crippen molar-refractivity contribution < 1.29 is 4.42 Å². The normalized spacial score (nSPS) is 14.0. The molecule has 0 aliphatic heterocycles. The van der Waals surface area contributed by atoms with E-state index in [0.29, 0.717) is 5.92 Å². The first-order valence-electron chi connectivity index (χ1n) is 3.35. The monoisotopic (exact) mass is 140 g/mol. The molecule has 1 aromatic rings. The Hall–Kier alpha value is -0.830. The van der Waals surface area contributed by atoms with Crippen molar-refractivity contribution in [3.05, 3.63) is 18.4 Å². The number of rotatable bonds is 2. The van der Waals surface area contributed by atoms with Gasteiger partial charge in [-0.05, 0) is 5.92 Å². The van der Waals surface area contributed by atoms with Gasteiger partial charge in [-0.15, -0.1) is 0 Å². The van der Waals surface area contributed by atoms with Gasteiger partial charge in [0.2, 0.25) is 0 Å². The molecule has 0 saturated heterocycles. The van der Waals surface area contributed by atoms with E-state index in [2.05, 4.69) is 4.98 Å². The predicted octanol–water partition coefficient (Wildman–Crippen LogP) is 1.33. The molecule has 0 amide bonds. The lowest BCUT2D eigenvalue weighted by atomic mass is 10.0. The van der Waals surface area contributed by atoms with E-state index in [9.17, 15) is 0 Å². The van der Waals surface area contributed by atoms with Gasteiger partial charge in [0.25, 0.3) is 0 Å². The average Bonchev–Trinajstić information content (AvgIpc) is 2.36. The minimum absolute atomic E-state index is 0.0255. The Labute approximate surface area is 60.2 Å². The first-order chi connectivity index (χ1) is 4.72. The maximum atomic E-state index is 5.75. The molecule has 3 heteroatoms. The Morgan fingerprint density at radius 3 is 2.70 bits per heavy atom. The third-order valence-corrected chi connectivity index (χ3v) is 1.50. The molecule has 10 heavy (non-hydrogen) atoms. The van der Waals surface area contributed by atoms with Crippen LogP contribution in [0.4, 0.5) is 0 Å². The molecule has 0 saturated carbocycles. The maximum absolute atomic E-state index is 5.75. The van der Waals surface area contributed by atoms with Gasteiger partial charge in [0.05, 0.1) is 12.2 Å². The van der Waals surface area contributed by atoms with Crippen LogP contribution in [0.2, 0.25) is 0 Å². The topological polar surface area (TPSA) is 52.0 Å². The smallest absolute Gasteiger partial charge is 0.180 e. The highest BCUT2D eigenvalue weighted by molar-refractivity contribution is 4.96. The molecular formula is C7H12N2O. The third kappa shape index (κ3) is 1.36. The number of hydrogen-bond donors (Lipinski definition) is 1. The highest BCUT2D eigenvalue weighted by atomic mass is 16.3. The lowest BCUT2D eigenvalue weighted by Crippen LogP contribution is -2.15. The fraction of sp³-hybridized carbons (Fsp3) is 0.571. The van der Waals surface area contributed by atoms with E-state index in [4.69, 9.17) is 10.2 Å². The molecule has 0 bridgehead atoms. The van der Waals surface area contributed by atoms with Crippen LogP contribution in [0.15, 0.2) is 17.0 Å². The van der Waals surface area contributed by atoms with Crippen LogP contribution in [-0.4, -0.2) is 4.98 Å². The zero-order valence-electron chi connectivity index (χ0n) is 6.24. The van der Waals surface area contributed by atoms with Gasteiger partial charge in [0.15, 0.2) is 6.39 Å². The molecule has 0 aliphatic rings. The van der Waals surface area contributed by atoms with Crippen molar-refractivity contribution >= 4 is 0 Å². The molecule has 0 aromatic carbocycles. The molecule has 1 aromatic heterocycles. The summed E-state index contributed by atoms with van der Waals surface area (Å²) < 4.78 is 5.02. The van der Waals surface area contributed by atoms with Crippen molar-refractivity contribution in [2.24, 2.45) is 11.7 Å². The number of nitrogens with zero attached hydrogens (tertiary/aromatic N) is 1. The number of hydrogen-bond acceptors (Lipinski definition) is 3. The van der Waals surface area contributed by atoms with Crippen molar-refractivity contribution in [3.63, 3.8) is 0 Å². The highest BCUT2D eigenvalue weighted by Crippen LogP contribution is 2.16. The fourth-order valence-corrected chi connectivity index (χ4v) is 0.719. The van der Waals surface area contributed by atoms with Crippen molar-refractivity contribution in [1.29, 1.82) is 0 Å². The number of oxazole rings is 1. The highest BCUT2D eigenvalue weighted by Gasteiger charge is 2.12. The Morgan fingerprint density at radius 2 is 2.30 bits per heavy atom. The first kappa shape index (κ1) is 7.28. The van der Waals surface area contributed by atoms with Crippen LogP contribution in [0.25, 0.3) is 0 Å². The van der Waals surface area contributed by atoms with Crippen LogP contribution >= 0.6 is 0 Å². The van der Waals surface area contributed by atoms with Crippen LogP contribution in [-0.2, 0) is 0 Å². The molecule has 0 fully saturated rings. The minimum Gasteiger partial charge on any atom is -0.447 e. The Morgan fingerprint density at radius 1 is 1.60 bits per heavy atom. The van der Waals surface area contributed by atoms with Crippen molar-refractivity contribution in [2.45, 2.75) is 19.9 Å². The molecule has 3 nitrogen and oxygen atoms in total. The number of nitrogens with two attached hydrogens (primary N) is 1. The van der Waals surface area contributed by atoms with Gasteiger partial charge < -0.3 is 10.2 Å². The zero-order chi connectivity index (χ0) is 7.56. The van der Waals surface area contributed by atoms with E-state index in [1.807, 2.05) is 13.8 Å². The van der Waals surface area contributed by atoms with E-state index in [1.165, 1.54) is 6.39 Å². The van der Waals surface area contributed by atoms with Crippen LogP contribution in [0.1, 0.15) is 25.6 Å². The summed E-state index contributed by atoms with van der Waals surface area (Å²) in [6.45, 7) is 4.10. The second-order valence-corrected chi connectivity index (χ2v) is 2.67. The standard InChI is InChI=1S/C7H12N2O/c1-5(2)7(8)6-3-9-4-10-6/h3-5,7H,8H2,1-2H3/t7-/m1/s1. The predicted molar refractivity (Wildman–Crippen MR) is 38.3 cm³/mol. The summed E-state index contributed by atoms with van der Waals surface area (Å²) in [5.74, 6) is 1.16. The third-order valence-electron chi connectivity index (χ3n) is 1.50. The van der Waals surface area contributed by atoms with Gasteiger partial charge in [0.1, 0.15) is 5.76 Å². The van der Waals surface area contributed by atoms with Crippen molar-refractivity contribution in [3.8, 4) is 0 Å². The Kier molecular flexibility index (Phi) is 2.06. The van der Waals surface area contributed by atoms with Crippen LogP contribution in [0.3, 0.4) is 0 Å². The summed E-state index contributed by atoms with van der Waals surface area (Å²) in [7, 11) is 0. The fourth-order valence-electron chi connectivity index (χ4n) is 0.719. The van der Waals surface area contributed by atoms with Crippen LogP contribution < -0.4 is 5.73 Å². The SMILES string of the molecule is CC(C)[C@@H](N)c1cnco1. The molecule has 2 N–H and O–H groups in total. The molecule has 0 spiro atoms. The quantitative estimate of drug-likeness (QED) is 0.674. The van der Waals surface area contributed by atoms with E-state index in [-0.39, 0.29) is 6.04 Å². The van der Waals surface area contributed by atoms with Gasteiger partial charge in [-0.3, -0.25) is 0 Å². The van der Waals surface area contributed by atoms with Crippen molar-refractivity contribution in [1.82, 2.24) is 4.98 Å². The summed E-state index contributed by atoms with van der Waals surface area (Å²) in [5, 5.41) is 0. The van der Waals surface area contributed by atoms with Crippen LogP contribution in [0.5, 0.6) is 0 Å². The van der Waals surface area contributed by atoms with E-state index in [0.717, 1.165) is 5.76 Å². The zero-order valence-corrected chi connectivity index (χ0v) is 6.24. The molecule has 0 unspecified atom stereocenters. The van der Waals surface area contributed by atoms with Gasteiger partial charge in [-0.2, -0.15) is 0 Å². The molecule has 1 heterocycles. The van der Waals surface area contributed by atoms with Gasteiger partial charge in [-0.25, -0.2) is 4.98 Å². The molecule has 0 radical (unpaired) electrons. The van der Waals surface area contributed by atoms with Crippen molar-refractivity contribution in [2.75, 3.05) is 0 Å². The Bertz CT molecular complexity index is 181. The summed E-state index contributed by atoms with van der Waals surface area (Å²) >= 11 is 0. The van der Waals surface area contributed by atoms with Gasteiger partial charge in [-0.1, -0.05) is 13.8 Å².